The summed E-state index contributed by atoms with van der Waals surface area (Å²) >= 11 is 0. The Balaban J connectivity index is 1.86. The standard InChI is InChI=1S/C16H12O4/c17-16-7-11(10-4-2-1-3-5-10)12-6-14-15(19-9-18-14)8-13(12)20-16/h1-6,8,11H,7,9H2/t11-/m0/s1. The maximum Gasteiger partial charge on any atom is 0.312 e. The zero-order valence-electron chi connectivity index (χ0n) is 10.7. The van der Waals surface area contributed by atoms with E-state index in [0.717, 1.165) is 11.1 Å². The summed E-state index contributed by atoms with van der Waals surface area (Å²) in [6.07, 6.45) is 0.344. The molecule has 4 heteroatoms. The molecule has 0 spiro atoms. The Bertz CT molecular complexity index is 678. The summed E-state index contributed by atoms with van der Waals surface area (Å²) in [7, 11) is 0. The summed E-state index contributed by atoms with van der Waals surface area (Å²) in [6, 6.07) is 13.6. The molecule has 2 aliphatic heterocycles. The Morgan fingerprint density at radius 3 is 2.50 bits per heavy atom. The van der Waals surface area contributed by atoms with Crippen LogP contribution in [-0.4, -0.2) is 12.8 Å². The molecule has 2 aromatic rings. The van der Waals surface area contributed by atoms with Crippen LogP contribution in [0.5, 0.6) is 17.2 Å². The summed E-state index contributed by atoms with van der Waals surface area (Å²) < 4.78 is 16.1. The zero-order chi connectivity index (χ0) is 13.5. The molecule has 0 N–H and O–H groups in total. The van der Waals surface area contributed by atoms with Gasteiger partial charge in [-0.15, -0.1) is 0 Å². The molecule has 0 aromatic heterocycles. The van der Waals surface area contributed by atoms with Gasteiger partial charge < -0.3 is 14.2 Å². The first kappa shape index (κ1) is 11.3. The summed E-state index contributed by atoms with van der Waals surface area (Å²) in [5.74, 6) is 1.69. The number of benzene rings is 2. The SMILES string of the molecule is O=C1C[C@@H](c2ccccc2)c2cc3c(cc2O1)OCO3. The van der Waals surface area contributed by atoms with Gasteiger partial charge in [0.25, 0.3) is 0 Å². The largest absolute Gasteiger partial charge is 0.454 e. The Kier molecular flexibility index (Phi) is 2.42. The molecule has 0 amide bonds. The van der Waals surface area contributed by atoms with Crippen molar-refractivity contribution >= 4 is 5.97 Å². The van der Waals surface area contributed by atoms with Crippen LogP contribution in [-0.2, 0) is 4.79 Å². The topological polar surface area (TPSA) is 44.8 Å². The third-order valence-corrected chi connectivity index (χ3v) is 3.68. The molecule has 100 valence electrons. The van der Waals surface area contributed by atoms with E-state index in [-0.39, 0.29) is 18.7 Å². The quantitative estimate of drug-likeness (QED) is 0.589. The minimum absolute atomic E-state index is 0.00181. The summed E-state index contributed by atoms with van der Waals surface area (Å²) in [4.78, 5) is 11.8. The van der Waals surface area contributed by atoms with Crippen molar-refractivity contribution in [2.75, 3.05) is 6.79 Å². The Morgan fingerprint density at radius 1 is 0.950 bits per heavy atom. The monoisotopic (exact) mass is 268 g/mol. The number of rotatable bonds is 1. The van der Waals surface area contributed by atoms with E-state index in [4.69, 9.17) is 14.2 Å². The van der Waals surface area contributed by atoms with E-state index in [9.17, 15) is 4.79 Å². The van der Waals surface area contributed by atoms with Crippen LogP contribution in [0.3, 0.4) is 0 Å². The molecule has 0 saturated heterocycles. The van der Waals surface area contributed by atoms with Crippen molar-refractivity contribution in [1.29, 1.82) is 0 Å². The second kappa shape index (κ2) is 4.27. The highest BCUT2D eigenvalue weighted by Gasteiger charge is 2.31. The van der Waals surface area contributed by atoms with E-state index < -0.39 is 0 Å². The minimum Gasteiger partial charge on any atom is -0.454 e. The zero-order valence-corrected chi connectivity index (χ0v) is 10.7. The van der Waals surface area contributed by atoms with E-state index in [1.54, 1.807) is 6.07 Å². The fourth-order valence-electron chi connectivity index (χ4n) is 2.72. The molecule has 0 fully saturated rings. The number of esters is 1. The van der Waals surface area contributed by atoms with Gasteiger partial charge in [0.05, 0.1) is 6.42 Å². The van der Waals surface area contributed by atoms with Crippen LogP contribution in [0.2, 0.25) is 0 Å². The van der Waals surface area contributed by atoms with E-state index in [2.05, 4.69) is 0 Å². The third-order valence-electron chi connectivity index (χ3n) is 3.68. The molecule has 2 aromatic carbocycles. The lowest BCUT2D eigenvalue weighted by Gasteiger charge is -2.25. The second-order valence-electron chi connectivity index (χ2n) is 4.88. The molecule has 2 heterocycles. The fraction of sp³-hybridized carbons (Fsp3) is 0.188. The maximum absolute atomic E-state index is 11.8. The van der Waals surface area contributed by atoms with Crippen molar-refractivity contribution in [1.82, 2.24) is 0 Å². The number of hydrogen-bond donors (Lipinski definition) is 0. The van der Waals surface area contributed by atoms with Gasteiger partial charge in [0.2, 0.25) is 6.79 Å². The summed E-state index contributed by atoms with van der Waals surface area (Å²) in [5.41, 5.74) is 2.07. The Morgan fingerprint density at radius 2 is 1.70 bits per heavy atom. The van der Waals surface area contributed by atoms with Crippen LogP contribution < -0.4 is 14.2 Å². The number of ether oxygens (including phenoxy) is 3. The smallest absolute Gasteiger partial charge is 0.312 e. The molecule has 1 atom stereocenters. The van der Waals surface area contributed by atoms with Crippen LogP contribution in [0.25, 0.3) is 0 Å². The first-order valence-electron chi connectivity index (χ1n) is 6.50. The first-order valence-corrected chi connectivity index (χ1v) is 6.50. The Labute approximate surface area is 115 Å². The second-order valence-corrected chi connectivity index (χ2v) is 4.88. The molecular formula is C16H12O4. The molecule has 4 nitrogen and oxygen atoms in total. The van der Waals surface area contributed by atoms with Gasteiger partial charge in [0.1, 0.15) is 5.75 Å². The van der Waals surface area contributed by atoms with E-state index in [1.807, 2.05) is 36.4 Å². The number of carbonyl (C=O) groups excluding carboxylic acids is 1. The van der Waals surface area contributed by atoms with Crippen LogP contribution in [0, 0.1) is 0 Å². The molecule has 0 unspecified atom stereocenters. The van der Waals surface area contributed by atoms with Crippen molar-refractivity contribution < 1.29 is 19.0 Å². The van der Waals surface area contributed by atoms with Crippen LogP contribution >= 0.6 is 0 Å². The Hall–Kier alpha value is -2.49. The lowest BCUT2D eigenvalue weighted by atomic mass is 9.86. The van der Waals surface area contributed by atoms with Crippen molar-refractivity contribution in [3.63, 3.8) is 0 Å². The number of carbonyl (C=O) groups is 1. The molecule has 20 heavy (non-hydrogen) atoms. The van der Waals surface area contributed by atoms with Crippen LogP contribution in [0.1, 0.15) is 23.5 Å². The van der Waals surface area contributed by atoms with Crippen molar-refractivity contribution in [2.24, 2.45) is 0 Å². The minimum atomic E-state index is -0.217. The number of hydrogen-bond acceptors (Lipinski definition) is 4. The first-order chi connectivity index (χ1) is 9.81. The highest BCUT2D eigenvalue weighted by Crippen LogP contribution is 2.45. The normalized spacial score (nSPS) is 19.4. The van der Waals surface area contributed by atoms with Gasteiger partial charge >= 0.3 is 5.97 Å². The van der Waals surface area contributed by atoms with Crippen molar-refractivity contribution in [2.45, 2.75) is 12.3 Å². The van der Waals surface area contributed by atoms with E-state index in [0.29, 0.717) is 23.7 Å². The lowest BCUT2D eigenvalue weighted by molar-refractivity contribution is -0.135. The molecule has 0 bridgehead atoms. The van der Waals surface area contributed by atoms with Gasteiger partial charge in [-0.2, -0.15) is 0 Å². The average molecular weight is 268 g/mol. The van der Waals surface area contributed by atoms with Crippen molar-refractivity contribution in [3.05, 3.63) is 53.6 Å². The van der Waals surface area contributed by atoms with Gasteiger partial charge in [-0.05, 0) is 11.6 Å². The van der Waals surface area contributed by atoms with Crippen LogP contribution in [0.4, 0.5) is 0 Å². The predicted molar refractivity (Wildman–Crippen MR) is 71.1 cm³/mol. The lowest BCUT2D eigenvalue weighted by Crippen LogP contribution is -2.20. The highest BCUT2D eigenvalue weighted by atomic mass is 16.7. The van der Waals surface area contributed by atoms with Crippen LogP contribution in [0.15, 0.2) is 42.5 Å². The van der Waals surface area contributed by atoms with E-state index in [1.165, 1.54) is 0 Å². The molecule has 0 saturated carbocycles. The maximum atomic E-state index is 11.8. The molecule has 2 aliphatic rings. The molecular weight excluding hydrogens is 256 g/mol. The van der Waals surface area contributed by atoms with Gasteiger partial charge in [-0.25, -0.2) is 0 Å². The van der Waals surface area contributed by atoms with E-state index >= 15 is 0 Å². The fourth-order valence-corrected chi connectivity index (χ4v) is 2.72. The molecule has 0 aliphatic carbocycles. The highest BCUT2D eigenvalue weighted by molar-refractivity contribution is 5.78. The summed E-state index contributed by atoms with van der Waals surface area (Å²) in [5, 5.41) is 0. The van der Waals surface area contributed by atoms with Gasteiger partial charge in [0, 0.05) is 17.5 Å². The van der Waals surface area contributed by atoms with Gasteiger partial charge in [-0.1, -0.05) is 30.3 Å². The predicted octanol–water partition coefficient (Wildman–Crippen LogP) is 2.86. The average Bonchev–Trinajstić information content (AvgIpc) is 2.92. The van der Waals surface area contributed by atoms with Gasteiger partial charge in [-0.3, -0.25) is 4.79 Å². The van der Waals surface area contributed by atoms with Gasteiger partial charge in [0.15, 0.2) is 11.5 Å². The number of fused-ring (bicyclic) bond motifs is 2. The third kappa shape index (κ3) is 1.72. The van der Waals surface area contributed by atoms with Crippen molar-refractivity contribution in [3.8, 4) is 17.2 Å². The molecule has 0 radical (unpaired) electrons. The molecule has 4 rings (SSSR count). The summed E-state index contributed by atoms with van der Waals surface area (Å²) in [6.45, 7) is 0.210.